The number of esters is 4. The highest BCUT2D eigenvalue weighted by Gasteiger charge is 2.30. The summed E-state index contributed by atoms with van der Waals surface area (Å²) in [5.41, 5.74) is 0. The SMILES string of the molecule is CCCCCCCCCCCCCCCCCCCCC(=O)O[C@H](COC(=O)CCCCCCCCCCCCCCCCC)COP(=O)(O)OC[C@@H](O)COP(=O)(O)OC[C@@H](COC(=O)CCCCCCCCCCC(C)C)OC(=O)CCCCCCCCCCCCCCCCC. The molecule has 5 atom stereocenters. The third kappa shape index (κ3) is 74.1. The number of aliphatic hydroxyl groups is 1. The van der Waals surface area contributed by atoms with Crippen molar-refractivity contribution >= 4 is 39.5 Å². The quantitative estimate of drug-likeness (QED) is 0.0222. The largest absolute Gasteiger partial charge is 0.472 e. The first-order valence-corrected chi connectivity index (χ1v) is 44.6. The van der Waals surface area contributed by atoms with Gasteiger partial charge in [0, 0.05) is 25.7 Å². The van der Waals surface area contributed by atoms with Gasteiger partial charge in [0.15, 0.2) is 12.2 Å². The van der Waals surface area contributed by atoms with E-state index < -0.39 is 97.5 Å². The molecule has 0 aromatic carbocycles. The number of hydrogen-bond donors (Lipinski definition) is 3. The van der Waals surface area contributed by atoms with E-state index in [0.717, 1.165) is 95.8 Å². The van der Waals surface area contributed by atoms with Gasteiger partial charge in [0.25, 0.3) is 0 Å². The van der Waals surface area contributed by atoms with Gasteiger partial charge in [-0.3, -0.25) is 37.3 Å². The van der Waals surface area contributed by atoms with E-state index in [2.05, 4.69) is 34.6 Å². The summed E-state index contributed by atoms with van der Waals surface area (Å²) in [5, 5.41) is 10.6. The number of rotatable bonds is 80. The van der Waals surface area contributed by atoms with Gasteiger partial charge in [-0.1, -0.05) is 375 Å². The van der Waals surface area contributed by atoms with Crippen LogP contribution < -0.4 is 0 Å². The Morgan fingerprint density at radius 3 is 0.687 bits per heavy atom. The van der Waals surface area contributed by atoms with Crippen molar-refractivity contribution in [1.29, 1.82) is 0 Å². The fraction of sp³-hybridized carbons (Fsp3) is 0.950. The molecule has 0 spiro atoms. The molecule has 19 heteroatoms. The van der Waals surface area contributed by atoms with Gasteiger partial charge in [-0.15, -0.1) is 0 Å². The zero-order chi connectivity index (χ0) is 72.7. The summed E-state index contributed by atoms with van der Waals surface area (Å²) in [7, 11) is -9.92. The molecule has 0 aliphatic heterocycles. The Balaban J connectivity index is 5.25. The van der Waals surface area contributed by atoms with Gasteiger partial charge in [-0.2, -0.15) is 0 Å². The number of aliphatic hydroxyl groups excluding tert-OH is 1. The second kappa shape index (κ2) is 73.0. The lowest BCUT2D eigenvalue weighted by molar-refractivity contribution is -0.161. The van der Waals surface area contributed by atoms with Gasteiger partial charge in [0.2, 0.25) is 0 Å². The van der Waals surface area contributed by atoms with Gasteiger partial charge in [-0.05, 0) is 31.6 Å². The molecule has 0 bridgehead atoms. The topological polar surface area (TPSA) is 237 Å². The Morgan fingerprint density at radius 2 is 0.465 bits per heavy atom. The molecule has 0 radical (unpaired) electrons. The van der Waals surface area contributed by atoms with Crippen LogP contribution in [0.1, 0.15) is 426 Å². The summed E-state index contributed by atoms with van der Waals surface area (Å²) < 4.78 is 68.7. The lowest BCUT2D eigenvalue weighted by Gasteiger charge is -2.21. The van der Waals surface area contributed by atoms with Crippen molar-refractivity contribution in [3.8, 4) is 0 Å². The molecule has 17 nitrogen and oxygen atoms in total. The maximum Gasteiger partial charge on any atom is 0.472 e. The minimum Gasteiger partial charge on any atom is -0.462 e. The van der Waals surface area contributed by atoms with E-state index in [9.17, 15) is 43.2 Å². The average Bonchev–Trinajstić information content (AvgIpc) is 2.62. The molecular weight excluding hydrogens is 1290 g/mol. The second-order valence-corrected chi connectivity index (χ2v) is 32.2. The third-order valence-corrected chi connectivity index (χ3v) is 20.7. The van der Waals surface area contributed by atoms with Gasteiger partial charge in [-0.25, -0.2) is 9.13 Å². The molecule has 588 valence electrons. The lowest BCUT2D eigenvalue weighted by Crippen LogP contribution is -2.30. The smallest absolute Gasteiger partial charge is 0.462 e. The molecule has 0 amide bonds. The highest BCUT2D eigenvalue weighted by Crippen LogP contribution is 2.45. The van der Waals surface area contributed by atoms with E-state index in [1.165, 1.54) is 250 Å². The molecule has 0 aromatic heterocycles. The monoisotopic (exact) mass is 1450 g/mol. The average molecular weight is 1450 g/mol. The normalized spacial score (nSPS) is 13.9. The summed E-state index contributed by atoms with van der Waals surface area (Å²) in [6.07, 6.45) is 63.7. The van der Waals surface area contributed by atoms with Crippen LogP contribution in [0.4, 0.5) is 0 Å². The first-order chi connectivity index (χ1) is 48.0. The Bertz CT molecular complexity index is 1890. The Morgan fingerprint density at radius 1 is 0.273 bits per heavy atom. The highest BCUT2D eigenvalue weighted by atomic mass is 31.2. The summed E-state index contributed by atoms with van der Waals surface area (Å²) in [5.74, 6) is -1.38. The summed E-state index contributed by atoms with van der Waals surface area (Å²) >= 11 is 0. The van der Waals surface area contributed by atoms with Gasteiger partial charge < -0.3 is 33.8 Å². The van der Waals surface area contributed by atoms with Crippen LogP contribution in [0.3, 0.4) is 0 Å². The zero-order valence-corrected chi connectivity index (χ0v) is 66.4. The van der Waals surface area contributed by atoms with Gasteiger partial charge in [0.1, 0.15) is 19.3 Å². The number of phosphoric ester groups is 2. The van der Waals surface area contributed by atoms with E-state index in [4.69, 9.17) is 37.0 Å². The molecular formula is C80H156O17P2. The van der Waals surface area contributed by atoms with E-state index in [-0.39, 0.29) is 25.7 Å². The van der Waals surface area contributed by atoms with Gasteiger partial charge >= 0.3 is 39.5 Å². The number of hydrogen-bond acceptors (Lipinski definition) is 15. The number of ether oxygens (including phenoxy) is 4. The molecule has 0 saturated heterocycles. The summed E-state index contributed by atoms with van der Waals surface area (Å²) in [6.45, 7) is 7.30. The minimum atomic E-state index is -4.96. The van der Waals surface area contributed by atoms with Crippen LogP contribution >= 0.6 is 15.6 Å². The number of phosphoric acid groups is 2. The van der Waals surface area contributed by atoms with Crippen molar-refractivity contribution in [2.24, 2.45) is 5.92 Å². The Hall–Kier alpha value is -1.94. The van der Waals surface area contributed by atoms with Crippen LogP contribution in [-0.2, 0) is 65.4 Å². The van der Waals surface area contributed by atoms with Crippen LogP contribution in [0.5, 0.6) is 0 Å². The maximum absolute atomic E-state index is 13.1. The van der Waals surface area contributed by atoms with Crippen molar-refractivity contribution in [3.05, 3.63) is 0 Å². The molecule has 0 fully saturated rings. The predicted molar refractivity (Wildman–Crippen MR) is 405 cm³/mol. The van der Waals surface area contributed by atoms with Crippen LogP contribution in [-0.4, -0.2) is 96.7 Å². The molecule has 0 aliphatic rings. The summed E-state index contributed by atoms with van der Waals surface area (Å²) in [4.78, 5) is 73.0. The van der Waals surface area contributed by atoms with Crippen molar-refractivity contribution in [2.45, 2.75) is 445 Å². The first-order valence-electron chi connectivity index (χ1n) is 41.6. The van der Waals surface area contributed by atoms with Crippen molar-refractivity contribution < 1.29 is 80.2 Å². The van der Waals surface area contributed by atoms with Gasteiger partial charge in [0.05, 0.1) is 26.4 Å². The van der Waals surface area contributed by atoms with Crippen molar-refractivity contribution in [3.63, 3.8) is 0 Å². The number of carbonyl (C=O) groups excluding carboxylic acids is 4. The van der Waals surface area contributed by atoms with Crippen molar-refractivity contribution in [1.82, 2.24) is 0 Å². The molecule has 3 N–H and O–H groups in total. The standard InChI is InChI=1S/C80H156O17P2/c1-6-9-12-15-18-21-24-27-30-31-32-35-38-41-44-51-56-61-66-79(84)96-75(69-90-77(82)63-58-53-48-42-39-36-33-28-25-22-19-16-13-10-7-2)71-94-98(86,87)92-67-74(81)68-93-99(88,89)95-72-76(70-91-78(83)64-59-54-49-46-45-47-52-57-62-73(4)5)97-80(85)65-60-55-50-43-40-37-34-29-26-23-20-17-14-11-8-3/h73-76,81H,6-72H2,1-5H3,(H,86,87)(H,88,89)/t74-,75-,76-/m1/s1. The first kappa shape index (κ1) is 97.1. The van der Waals surface area contributed by atoms with E-state index in [0.29, 0.717) is 25.7 Å². The highest BCUT2D eigenvalue weighted by molar-refractivity contribution is 7.47. The third-order valence-electron chi connectivity index (χ3n) is 18.8. The summed E-state index contributed by atoms with van der Waals surface area (Å²) in [6, 6.07) is 0. The molecule has 0 heterocycles. The molecule has 2 unspecified atom stereocenters. The van der Waals surface area contributed by atoms with Crippen LogP contribution in [0, 0.1) is 5.92 Å². The maximum atomic E-state index is 13.1. The predicted octanol–water partition coefficient (Wildman–Crippen LogP) is 24.0. The molecule has 0 rings (SSSR count). The fourth-order valence-electron chi connectivity index (χ4n) is 12.4. The minimum absolute atomic E-state index is 0.108. The lowest BCUT2D eigenvalue weighted by atomic mass is 10.0. The van der Waals surface area contributed by atoms with E-state index in [1.807, 2.05) is 0 Å². The molecule has 99 heavy (non-hydrogen) atoms. The molecule has 0 aliphatic carbocycles. The zero-order valence-electron chi connectivity index (χ0n) is 64.6. The van der Waals surface area contributed by atoms with Crippen LogP contribution in [0.25, 0.3) is 0 Å². The number of carbonyl (C=O) groups is 4. The molecule has 0 aromatic rings. The Kier molecular flexibility index (Phi) is 71.6. The van der Waals surface area contributed by atoms with E-state index in [1.54, 1.807) is 0 Å². The van der Waals surface area contributed by atoms with Crippen LogP contribution in [0.15, 0.2) is 0 Å². The van der Waals surface area contributed by atoms with Crippen molar-refractivity contribution in [2.75, 3.05) is 39.6 Å². The van der Waals surface area contributed by atoms with E-state index >= 15 is 0 Å². The Labute approximate surface area is 607 Å². The fourth-order valence-corrected chi connectivity index (χ4v) is 14.0. The number of unbranched alkanes of at least 4 members (excludes halogenated alkanes) is 52. The van der Waals surface area contributed by atoms with Crippen LogP contribution in [0.2, 0.25) is 0 Å². The second-order valence-electron chi connectivity index (χ2n) is 29.3. The molecule has 0 saturated carbocycles.